The van der Waals surface area contributed by atoms with Crippen molar-refractivity contribution < 1.29 is 23.1 Å². The molecule has 0 spiro atoms. The number of halogens is 3. The molecule has 0 saturated carbocycles. The van der Waals surface area contributed by atoms with E-state index in [0.717, 1.165) is 0 Å². The molecule has 9 nitrogen and oxygen atoms in total. The summed E-state index contributed by atoms with van der Waals surface area (Å²) in [5, 5.41) is 12.8. The minimum atomic E-state index is -4.14. The lowest BCUT2D eigenvalue weighted by Gasteiger charge is -2.21. The largest absolute Gasteiger partial charge is 0.480 e. The van der Waals surface area contributed by atoms with Gasteiger partial charge in [-0.3, -0.25) is 13.8 Å². The lowest BCUT2D eigenvalue weighted by atomic mass is 10.1. The zero-order chi connectivity index (χ0) is 26.0. The minimum Gasteiger partial charge on any atom is -0.480 e. The number of carboxylic acids is 1. The van der Waals surface area contributed by atoms with E-state index in [1.807, 2.05) is 0 Å². The quantitative estimate of drug-likeness (QED) is 0.310. The smallest absolute Gasteiger partial charge is 0.326 e. The van der Waals surface area contributed by atoms with Crippen LogP contribution in [0.15, 0.2) is 76.0 Å². The van der Waals surface area contributed by atoms with Gasteiger partial charge in [-0.25, -0.2) is 13.2 Å². The molecule has 0 aromatic heterocycles. The van der Waals surface area contributed by atoms with E-state index in [0.29, 0.717) is 20.8 Å². The van der Waals surface area contributed by atoms with Gasteiger partial charge in [0.2, 0.25) is 0 Å². The number of allylic oxidation sites excluding steroid dienone is 2. The SMILES string of the molecule is O=C(N[C@@H](Cc1ccc(Cl)c(Br)c1)C(=O)O)c1ccc(Cl)cc1NS(=O)(=O)C1=CC=CN2SNC=C12. The van der Waals surface area contributed by atoms with Crippen LogP contribution in [0.3, 0.4) is 0 Å². The summed E-state index contributed by atoms with van der Waals surface area (Å²) in [5.74, 6) is -2.05. The molecule has 2 aliphatic rings. The highest BCUT2D eigenvalue weighted by Gasteiger charge is 2.31. The predicted octanol–water partition coefficient (Wildman–Crippen LogP) is 4.64. The molecule has 0 aliphatic carbocycles. The Bertz CT molecular complexity index is 1450. The Morgan fingerprint density at radius 3 is 2.69 bits per heavy atom. The summed E-state index contributed by atoms with van der Waals surface area (Å²) in [6.45, 7) is 0. The molecule has 14 heteroatoms. The fourth-order valence-corrected chi connectivity index (χ4v) is 6.09. The highest BCUT2D eigenvalue weighted by Crippen LogP contribution is 2.34. The highest BCUT2D eigenvalue weighted by molar-refractivity contribution is 9.10. The maximum absolute atomic E-state index is 13.2. The van der Waals surface area contributed by atoms with Crippen LogP contribution in [0.4, 0.5) is 5.69 Å². The number of hydrogen-bond acceptors (Lipinski definition) is 7. The molecule has 2 aliphatic heterocycles. The van der Waals surface area contributed by atoms with Gasteiger partial charge in [0, 0.05) is 28.3 Å². The van der Waals surface area contributed by atoms with Crippen LogP contribution in [-0.4, -0.2) is 35.7 Å². The Balaban J connectivity index is 1.59. The van der Waals surface area contributed by atoms with Crippen LogP contribution < -0.4 is 14.8 Å². The van der Waals surface area contributed by atoms with Gasteiger partial charge in [-0.2, -0.15) is 0 Å². The number of amides is 1. The lowest BCUT2D eigenvalue weighted by molar-refractivity contribution is -0.139. The van der Waals surface area contributed by atoms with Gasteiger partial charge in [-0.05, 0) is 64.0 Å². The van der Waals surface area contributed by atoms with Gasteiger partial charge in [0.05, 0.1) is 34.1 Å². The van der Waals surface area contributed by atoms with Crippen molar-refractivity contribution in [1.29, 1.82) is 0 Å². The third-order valence-electron chi connectivity index (χ3n) is 5.09. The van der Waals surface area contributed by atoms with E-state index in [-0.39, 0.29) is 27.6 Å². The summed E-state index contributed by atoms with van der Waals surface area (Å²) in [7, 11) is -4.14. The molecule has 0 bridgehead atoms. The molecule has 0 radical (unpaired) electrons. The fraction of sp³-hybridized carbons (Fsp3) is 0.0909. The molecule has 2 aromatic rings. The van der Waals surface area contributed by atoms with Crippen molar-refractivity contribution in [3.05, 3.63) is 97.2 Å². The van der Waals surface area contributed by atoms with Gasteiger partial charge in [0.1, 0.15) is 10.9 Å². The van der Waals surface area contributed by atoms with E-state index in [4.69, 9.17) is 23.2 Å². The van der Waals surface area contributed by atoms with Crippen molar-refractivity contribution in [2.24, 2.45) is 0 Å². The zero-order valence-electron chi connectivity index (χ0n) is 18.0. The van der Waals surface area contributed by atoms with Gasteiger partial charge in [0.25, 0.3) is 15.9 Å². The summed E-state index contributed by atoms with van der Waals surface area (Å²) < 4.78 is 33.9. The number of benzene rings is 2. The number of sulfonamides is 1. The Kier molecular flexibility index (Phi) is 7.90. The third kappa shape index (κ3) is 5.84. The second kappa shape index (κ2) is 10.8. The van der Waals surface area contributed by atoms with E-state index in [1.165, 1.54) is 42.6 Å². The van der Waals surface area contributed by atoms with Crippen LogP contribution in [0, 0.1) is 0 Å². The molecule has 188 valence electrons. The van der Waals surface area contributed by atoms with Crippen molar-refractivity contribution in [1.82, 2.24) is 14.3 Å². The molecule has 4 rings (SSSR count). The summed E-state index contributed by atoms with van der Waals surface area (Å²) in [4.78, 5) is 25.0. The molecular formula is C22H17BrCl2N4O5S2. The van der Waals surface area contributed by atoms with Crippen LogP contribution in [0.5, 0.6) is 0 Å². The highest BCUT2D eigenvalue weighted by atomic mass is 79.9. The standard InChI is InChI=1S/C22H17BrCl2N4O5S2/c23-15-8-12(3-6-16(15)25)9-18(22(31)32)27-21(30)14-5-4-13(24)10-17(14)28-36(33,34)20-2-1-7-29-19(20)11-26-35-29/h1-8,10-11,18,26,28H,9H2,(H,27,30)(H,31,32)/t18-/m0/s1. The average Bonchev–Trinajstić information content (AvgIpc) is 3.29. The first-order chi connectivity index (χ1) is 17.0. The molecule has 0 saturated heterocycles. The first-order valence-electron chi connectivity index (χ1n) is 10.2. The molecule has 2 heterocycles. The van der Waals surface area contributed by atoms with Crippen molar-refractivity contribution >= 4 is 78.9 Å². The zero-order valence-corrected chi connectivity index (χ0v) is 22.8. The van der Waals surface area contributed by atoms with Crippen LogP contribution in [0.2, 0.25) is 10.0 Å². The predicted molar refractivity (Wildman–Crippen MR) is 144 cm³/mol. The third-order valence-corrected chi connectivity index (χ3v) is 8.69. The van der Waals surface area contributed by atoms with Crippen LogP contribution in [0.1, 0.15) is 15.9 Å². The van der Waals surface area contributed by atoms with Crippen LogP contribution >= 0.6 is 51.3 Å². The normalized spacial score (nSPS) is 15.4. The number of carbonyl (C=O) groups excluding carboxylic acids is 1. The maximum atomic E-state index is 13.2. The number of fused-ring (bicyclic) bond motifs is 1. The summed E-state index contributed by atoms with van der Waals surface area (Å²) >= 11 is 16.6. The fourth-order valence-electron chi connectivity index (χ4n) is 3.40. The molecule has 2 aromatic carbocycles. The summed E-state index contributed by atoms with van der Waals surface area (Å²) in [6.07, 6.45) is 6.20. The second-order valence-electron chi connectivity index (χ2n) is 7.55. The van der Waals surface area contributed by atoms with Crippen LogP contribution in [0.25, 0.3) is 0 Å². The number of carboxylic acid groups (broad SMARTS) is 1. The number of nitrogens with zero attached hydrogens (tertiary/aromatic N) is 1. The molecule has 4 N–H and O–H groups in total. The molecule has 36 heavy (non-hydrogen) atoms. The molecule has 0 unspecified atom stereocenters. The van der Waals surface area contributed by atoms with Crippen molar-refractivity contribution in [2.75, 3.05) is 4.72 Å². The molecule has 1 atom stereocenters. The van der Waals surface area contributed by atoms with E-state index >= 15 is 0 Å². The second-order valence-corrected chi connectivity index (χ2v) is 11.7. The number of aliphatic carboxylic acids is 1. The Hall–Kier alpha value is -2.64. The number of nitrogens with one attached hydrogen (secondary N) is 3. The van der Waals surface area contributed by atoms with E-state index in [2.05, 4.69) is 30.7 Å². The lowest BCUT2D eigenvalue weighted by Crippen LogP contribution is -2.42. The van der Waals surface area contributed by atoms with Crippen LogP contribution in [-0.2, 0) is 21.2 Å². The van der Waals surface area contributed by atoms with Crippen molar-refractivity contribution in [3.8, 4) is 0 Å². The monoisotopic (exact) mass is 630 g/mol. The summed E-state index contributed by atoms with van der Waals surface area (Å²) in [6, 6.07) is 7.64. The summed E-state index contributed by atoms with van der Waals surface area (Å²) in [5.41, 5.74) is 0.833. The van der Waals surface area contributed by atoms with Gasteiger partial charge < -0.3 is 15.1 Å². The topological polar surface area (TPSA) is 128 Å². The number of hydrogen-bond donors (Lipinski definition) is 4. The molecular weight excluding hydrogens is 615 g/mol. The van der Waals surface area contributed by atoms with Crippen molar-refractivity contribution in [3.63, 3.8) is 0 Å². The van der Waals surface area contributed by atoms with E-state index in [1.54, 1.807) is 34.8 Å². The van der Waals surface area contributed by atoms with Gasteiger partial charge in [-0.1, -0.05) is 29.3 Å². The Morgan fingerprint density at radius 1 is 1.19 bits per heavy atom. The average molecular weight is 632 g/mol. The number of rotatable bonds is 8. The first kappa shape index (κ1) is 26.4. The first-order valence-corrected chi connectivity index (χ1v) is 14.0. The van der Waals surface area contributed by atoms with Gasteiger partial charge >= 0.3 is 5.97 Å². The minimum absolute atomic E-state index is 0.0226. The van der Waals surface area contributed by atoms with E-state index in [9.17, 15) is 23.1 Å². The van der Waals surface area contributed by atoms with E-state index < -0.39 is 27.9 Å². The van der Waals surface area contributed by atoms with Gasteiger partial charge in [0.15, 0.2) is 0 Å². The number of carbonyl (C=O) groups is 2. The molecule has 0 fully saturated rings. The Morgan fingerprint density at radius 2 is 1.97 bits per heavy atom. The maximum Gasteiger partial charge on any atom is 0.326 e. The molecule has 1 amide bonds. The van der Waals surface area contributed by atoms with Crippen molar-refractivity contribution in [2.45, 2.75) is 12.5 Å². The number of anilines is 1. The van der Waals surface area contributed by atoms with Gasteiger partial charge in [-0.15, -0.1) is 0 Å². The Labute approximate surface area is 229 Å².